The third kappa shape index (κ3) is 5.21. The number of hydrogen-bond donors (Lipinski definition) is 0. The van der Waals surface area contributed by atoms with Crippen LogP contribution in [0.1, 0.15) is 36.7 Å². The maximum atomic E-state index is 12.5. The van der Waals surface area contributed by atoms with Crippen molar-refractivity contribution in [1.29, 1.82) is 0 Å². The van der Waals surface area contributed by atoms with Gasteiger partial charge in [0.05, 0.1) is 7.11 Å². The van der Waals surface area contributed by atoms with Crippen molar-refractivity contribution in [3.63, 3.8) is 0 Å². The quantitative estimate of drug-likeness (QED) is 0.564. The Morgan fingerprint density at radius 2 is 1.69 bits per heavy atom. The number of benzene rings is 2. The van der Waals surface area contributed by atoms with Gasteiger partial charge in [-0.05, 0) is 35.7 Å². The van der Waals surface area contributed by atoms with E-state index in [1.807, 2.05) is 12.1 Å². The van der Waals surface area contributed by atoms with Crippen molar-refractivity contribution in [3.8, 4) is 17.2 Å². The highest BCUT2D eigenvalue weighted by atomic mass is 16.6. The van der Waals surface area contributed by atoms with E-state index in [-0.39, 0.29) is 17.1 Å². The standard InChI is InChI=1S/C21H22O5/c1-14(2)9-10-16-11-12-19(20(13-16)24-4)26-21(23)17-7-5-6-8-18(17)25-15(3)22/h5-14H,1-4H3/b10-9+. The molecule has 0 radical (unpaired) electrons. The van der Waals surface area contributed by atoms with Crippen molar-refractivity contribution in [2.75, 3.05) is 7.11 Å². The third-order valence-corrected chi connectivity index (χ3v) is 3.42. The molecule has 5 heteroatoms. The molecule has 0 amide bonds. The van der Waals surface area contributed by atoms with E-state index in [9.17, 15) is 9.59 Å². The second-order valence-electron chi connectivity index (χ2n) is 5.99. The lowest BCUT2D eigenvalue weighted by Gasteiger charge is -2.12. The topological polar surface area (TPSA) is 61.8 Å². The SMILES string of the molecule is COc1cc(/C=C/C(C)C)ccc1OC(=O)c1ccccc1OC(C)=O. The van der Waals surface area contributed by atoms with Crippen molar-refractivity contribution in [3.05, 3.63) is 59.7 Å². The summed E-state index contributed by atoms with van der Waals surface area (Å²) in [5, 5.41) is 0. The Morgan fingerprint density at radius 1 is 0.962 bits per heavy atom. The average Bonchev–Trinajstić information content (AvgIpc) is 2.60. The van der Waals surface area contributed by atoms with Gasteiger partial charge in [-0.15, -0.1) is 0 Å². The molecule has 0 heterocycles. The number of methoxy groups -OCH3 is 1. The highest BCUT2D eigenvalue weighted by Crippen LogP contribution is 2.30. The van der Waals surface area contributed by atoms with Crippen molar-refractivity contribution in [1.82, 2.24) is 0 Å². The summed E-state index contributed by atoms with van der Waals surface area (Å²) in [5.74, 6) is 0.164. The fourth-order valence-corrected chi connectivity index (χ4v) is 2.21. The summed E-state index contributed by atoms with van der Waals surface area (Å²) in [4.78, 5) is 23.7. The van der Waals surface area contributed by atoms with E-state index in [1.54, 1.807) is 24.3 Å². The van der Waals surface area contributed by atoms with E-state index in [1.165, 1.54) is 26.2 Å². The van der Waals surface area contributed by atoms with Crippen LogP contribution in [0.4, 0.5) is 0 Å². The molecule has 2 aromatic rings. The molecule has 0 aliphatic rings. The summed E-state index contributed by atoms with van der Waals surface area (Å²) in [6.07, 6.45) is 4.05. The van der Waals surface area contributed by atoms with E-state index >= 15 is 0 Å². The van der Waals surface area contributed by atoms with Crippen LogP contribution in [-0.2, 0) is 4.79 Å². The summed E-state index contributed by atoms with van der Waals surface area (Å²) >= 11 is 0. The first-order valence-electron chi connectivity index (χ1n) is 8.26. The fourth-order valence-electron chi connectivity index (χ4n) is 2.21. The van der Waals surface area contributed by atoms with Crippen molar-refractivity contribution < 1.29 is 23.8 Å². The Hall–Kier alpha value is -3.08. The molecule has 0 bridgehead atoms. The van der Waals surface area contributed by atoms with E-state index in [0.29, 0.717) is 11.7 Å². The first-order chi connectivity index (χ1) is 12.4. The highest BCUT2D eigenvalue weighted by molar-refractivity contribution is 5.95. The first-order valence-corrected chi connectivity index (χ1v) is 8.26. The van der Waals surface area contributed by atoms with Gasteiger partial charge in [0.25, 0.3) is 0 Å². The smallest absolute Gasteiger partial charge is 0.347 e. The average molecular weight is 354 g/mol. The van der Waals surface area contributed by atoms with Gasteiger partial charge in [-0.3, -0.25) is 4.79 Å². The number of carbonyl (C=O) groups is 2. The molecular weight excluding hydrogens is 332 g/mol. The summed E-state index contributed by atoms with van der Waals surface area (Å²) < 4.78 is 15.8. The molecular formula is C21H22O5. The molecule has 26 heavy (non-hydrogen) atoms. The molecule has 2 aromatic carbocycles. The number of allylic oxidation sites excluding steroid dienone is 1. The van der Waals surface area contributed by atoms with E-state index in [2.05, 4.69) is 19.9 Å². The number of carbonyl (C=O) groups excluding carboxylic acids is 2. The maximum Gasteiger partial charge on any atom is 0.347 e. The Balaban J connectivity index is 2.25. The van der Waals surface area contributed by atoms with Crippen LogP contribution in [0.15, 0.2) is 48.5 Å². The van der Waals surface area contributed by atoms with Gasteiger partial charge < -0.3 is 14.2 Å². The normalized spacial score (nSPS) is 10.8. The fraction of sp³-hybridized carbons (Fsp3) is 0.238. The number of rotatable bonds is 6. The molecule has 0 spiro atoms. The third-order valence-electron chi connectivity index (χ3n) is 3.42. The van der Waals surface area contributed by atoms with Gasteiger partial charge in [0, 0.05) is 6.92 Å². The van der Waals surface area contributed by atoms with Crippen LogP contribution < -0.4 is 14.2 Å². The summed E-state index contributed by atoms with van der Waals surface area (Å²) in [6.45, 7) is 5.45. The molecule has 5 nitrogen and oxygen atoms in total. The summed E-state index contributed by atoms with van der Waals surface area (Å²) in [6, 6.07) is 11.7. The lowest BCUT2D eigenvalue weighted by molar-refractivity contribution is -0.131. The predicted octanol–water partition coefficient (Wildman–Crippen LogP) is 4.51. The monoisotopic (exact) mass is 354 g/mol. The molecule has 0 unspecified atom stereocenters. The Kier molecular flexibility index (Phi) is 6.55. The van der Waals surface area contributed by atoms with Gasteiger partial charge in [0.2, 0.25) is 0 Å². The summed E-state index contributed by atoms with van der Waals surface area (Å²) in [5.41, 5.74) is 1.10. The lowest BCUT2D eigenvalue weighted by Crippen LogP contribution is -2.13. The molecule has 0 saturated heterocycles. The minimum Gasteiger partial charge on any atom is -0.493 e. The van der Waals surface area contributed by atoms with Crippen LogP contribution >= 0.6 is 0 Å². The van der Waals surface area contributed by atoms with E-state index < -0.39 is 11.9 Å². The Labute approximate surface area is 153 Å². The zero-order valence-electron chi connectivity index (χ0n) is 15.3. The molecule has 0 fully saturated rings. The summed E-state index contributed by atoms with van der Waals surface area (Å²) in [7, 11) is 1.51. The molecule has 0 aliphatic heterocycles. The minimum atomic E-state index is -0.634. The lowest BCUT2D eigenvalue weighted by atomic mass is 10.1. The second kappa shape index (κ2) is 8.85. The number of ether oxygens (including phenoxy) is 3. The molecule has 0 aromatic heterocycles. The molecule has 0 saturated carbocycles. The van der Waals surface area contributed by atoms with Crippen LogP contribution in [0.2, 0.25) is 0 Å². The van der Waals surface area contributed by atoms with Crippen LogP contribution in [-0.4, -0.2) is 19.0 Å². The number of hydrogen-bond acceptors (Lipinski definition) is 5. The molecule has 0 atom stereocenters. The maximum absolute atomic E-state index is 12.5. The minimum absolute atomic E-state index is 0.153. The van der Waals surface area contributed by atoms with Gasteiger partial charge >= 0.3 is 11.9 Å². The molecule has 136 valence electrons. The van der Waals surface area contributed by atoms with Crippen molar-refractivity contribution in [2.24, 2.45) is 5.92 Å². The predicted molar refractivity (Wildman–Crippen MR) is 99.6 cm³/mol. The van der Waals surface area contributed by atoms with Crippen LogP contribution in [0.25, 0.3) is 6.08 Å². The van der Waals surface area contributed by atoms with Gasteiger partial charge in [0.1, 0.15) is 11.3 Å². The van der Waals surface area contributed by atoms with Gasteiger partial charge in [0.15, 0.2) is 11.5 Å². The highest BCUT2D eigenvalue weighted by Gasteiger charge is 2.17. The van der Waals surface area contributed by atoms with Gasteiger partial charge in [-0.2, -0.15) is 0 Å². The van der Waals surface area contributed by atoms with Crippen LogP contribution in [0.5, 0.6) is 17.2 Å². The largest absolute Gasteiger partial charge is 0.493 e. The molecule has 2 rings (SSSR count). The van der Waals surface area contributed by atoms with Gasteiger partial charge in [-0.25, -0.2) is 4.79 Å². The molecule has 0 N–H and O–H groups in total. The first kappa shape index (κ1) is 19.2. The van der Waals surface area contributed by atoms with Crippen LogP contribution in [0.3, 0.4) is 0 Å². The van der Waals surface area contributed by atoms with Gasteiger partial charge in [-0.1, -0.05) is 44.2 Å². The second-order valence-corrected chi connectivity index (χ2v) is 5.99. The van der Waals surface area contributed by atoms with Crippen molar-refractivity contribution in [2.45, 2.75) is 20.8 Å². The zero-order chi connectivity index (χ0) is 19.1. The number of para-hydroxylation sites is 1. The molecule has 0 aliphatic carbocycles. The Morgan fingerprint density at radius 3 is 2.35 bits per heavy atom. The number of esters is 2. The van der Waals surface area contributed by atoms with E-state index in [0.717, 1.165) is 5.56 Å². The zero-order valence-corrected chi connectivity index (χ0v) is 15.3. The van der Waals surface area contributed by atoms with Crippen LogP contribution in [0, 0.1) is 5.92 Å². The van der Waals surface area contributed by atoms with E-state index in [4.69, 9.17) is 14.2 Å². The van der Waals surface area contributed by atoms with Crippen molar-refractivity contribution >= 4 is 18.0 Å². The Bertz CT molecular complexity index is 821.